The second-order valence-corrected chi connectivity index (χ2v) is 39.2. The molecule has 52 heavy (non-hydrogen) atoms. The quantitative estimate of drug-likeness (QED) is 0.129. The molecule has 0 spiro atoms. The molecular weight excluding hydrogens is 689 g/mol. The highest BCUT2D eigenvalue weighted by Crippen LogP contribution is 2.46. The average molecular weight is 747 g/mol. The van der Waals surface area contributed by atoms with Crippen LogP contribution in [0, 0.1) is 0 Å². The first kappa shape index (κ1) is 37.9. The lowest BCUT2D eigenvalue weighted by atomic mass is 9.81. The van der Waals surface area contributed by atoms with Gasteiger partial charge in [0.05, 0.1) is 32.3 Å². The van der Waals surface area contributed by atoms with Crippen molar-refractivity contribution < 1.29 is 0 Å². The fourth-order valence-corrected chi connectivity index (χ4v) is 12.5. The van der Waals surface area contributed by atoms with E-state index in [4.69, 9.17) is 0 Å². The van der Waals surface area contributed by atoms with Crippen molar-refractivity contribution in [3.05, 3.63) is 121 Å². The molecule has 0 nitrogen and oxygen atoms in total. The lowest BCUT2D eigenvalue weighted by Gasteiger charge is -2.27. The van der Waals surface area contributed by atoms with Gasteiger partial charge in [0, 0.05) is 0 Å². The van der Waals surface area contributed by atoms with Gasteiger partial charge in [0.15, 0.2) is 0 Å². The first-order chi connectivity index (χ1) is 24.2. The summed E-state index contributed by atoms with van der Waals surface area (Å²) in [6, 6.07) is 37.8. The third-order valence-electron chi connectivity index (χ3n) is 10.8. The lowest BCUT2D eigenvalue weighted by Crippen LogP contribution is -2.45. The van der Waals surface area contributed by atoms with Crippen molar-refractivity contribution in [2.24, 2.45) is 0 Å². The van der Waals surface area contributed by atoms with E-state index in [-0.39, 0.29) is 0 Å². The zero-order valence-electron chi connectivity index (χ0n) is 33.8. The third-order valence-corrected chi connectivity index (χ3v) is 18.9. The Morgan fingerprint density at radius 3 is 0.942 bits per heavy atom. The highest BCUT2D eigenvalue weighted by Gasteiger charge is 2.28. The van der Waals surface area contributed by atoms with Crippen molar-refractivity contribution in [2.75, 3.05) is 0 Å². The van der Waals surface area contributed by atoms with Gasteiger partial charge in [-0.1, -0.05) is 210 Å². The second-order valence-electron chi connectivity index (χ2n) is 18.9. The first-order valence-corrected chi connectivity index (χ1v) is 32.9. The molecule has 0 atom stereocenters. The minimum absolute atomic E-state index is 1.19. The summed E-state index contributed by atoms with van der Waals surface area (Å²) in [7, 11) is -6.44. The Hall–Kier alpha value is -3.81. The normalized spacial score (nSPS) is 12.8. The Balaban J connectivity index is 1.80. The van der Waals surface area contributed by atoms with Crippen LogP contribution in [0.3, 0.4) is 0 Å². The van der Waals surface area contributed by atoms with E-state index >= 15 is 0 Å². The maximum absolute atomic E-state index is 4.55. The van der Waals surface area contributed by atoms with Crippen LogP contribution in [0.1, 0.15) is 11.1 Å². The predicted molar refractivity (Wildman–Crippen MR) is 250 cm³/mol. The lowest BCUT2D eigenvalue weighted by molar-refractivity contribution is 1.58. The van der Waals surface area contributed by atoms with Crippen LogP contribution in [0.5, 0.6) is 0 Å². The fourth-order valence-electron chi connectivity index (χ4n) is 7.47. The van der Waals surface area contributed by atoms with Crippen LogP contribution >= 0.6 is 0 Å². The summed E-state index contributed by atoms with van der Waals surface area (Å²) < 4.78 is 0. The average Bonchev–Trinajstić information content (AvgIpc) is 3.08. The molecule has 0 aromatic heterocycles. The van der Waals surface area contributed by atoms with E-state index in [2.05, 4.69) is 201 Å². The SMILES string of the molecule is C=Cc1c(-c2cc([Si](C)(C)C)cc([Si](C)(C)C)c2)cc2ccccc2c1-c1c(C=C)c(-c2cc([Si](C)(C)C)cc([Si](C)(C)C)c2)cc2ccccc12. The summed E-state index contributed by atoms with van der Waals surface area (Å²) in [6.45, 7) is 38.7. The van der Waals surface area contributed by atoms with E-state index in [1.165, 1.54) is 86.8 Å². The number of hydrogen-bond donors (Lipinski definition) is 0. The predicted octanol–water partition coefficient (Wildman–Crippen LogP) is 12.5. The number of fused-ring (bicyclic) bond motifs is 2. The maximum atomic E-state index is 4.55. The second kappa shape index (κ2) is 13.6. The zero-order chi connectivity index (χ0) is 38.0. The van der Waals surface area contributed by atoms with Crippen molar-refractivity contribution >= 4 is 86.7 Å². The summed E-state index contributed by atoms with van der Waals surface area (Å²) in [5.41, 5.74) is 10.0. The van der Waals surface area contributed by atoms with E-state index < -0.39 is 32.3 Å². The van der Waals surface area contributed by atoms with Gasteiger partial charge in [-0.15, -0.1) is 0 Å². The summed E-state index contributed by atoms with van der Waals surface area (Å²) in [5.74, 6) is 0. The van der Waals surface area contributed by atoms with Gasteiger partial charge in [0.1, 0.15) is 0 Å². The zero-order valence-corrected chi connectivity index (χ0v) is 37.8. The minimum atomic E-state index is -1.61. The van der Waals surface area contributed by atoms with E-state index in [1.54, 1.807) is 0 Å². The largest absolute Gasteiger partial charge is 0.0984 e. The van der Waals surface area contributed by atoms with Crippen molar-refractivity contribution in [1.82, 2.24) is 0 Å². The number of benzene rings is 6. The molecular formula is C48H58Si4. The molecule has 0 bridgehead atoms. The van der Waals surface area contributed by atoms with Gasteiger partial charge in [-0.25, -0.2) is 0 Å². The molecule has 0 fully saturated rings. The molecule has 0 radical (unpaired) electrons. The molecule has 0 saturated heterocycles. The van der Waals surface area contributed by atoms with Crippen LogP contribution in [-0.2, 0) is 0 Å². The fraction of sp³-hybridized carbons (Fsp3) is 0.250. The van der Waals surface area contributed by atoms with Crippen LogP contribution in [0.15, 0.2) is 110 Å². The van der Waals surface area contributed by atoms with Crippen molar-refractivity contribution in [2.45, 2.75) is 78.6 Å². The summed E-state index contributed by atoms with van der Waals surface area (Å²) in [6.07, 6.45) is 4.24. The molecule has 6 aromatic carbocycles. The van der Waals surface area contributed by atoms with E-state index in [9.17, 15) is 0 Å². The summed E-state index contributed by atoms with van der Waals surface area (Å²) in [4.78, 5) is 0. The van der Waals surface area contributed by atoms with Crippen molar-refractivity contribution in [3.8, 4) is 33.4 Å². The van der Waals surface area contributed by atoms with Gasteiger partial charge in [-0.05, 0) is 78.2 Å². The smallest absolute Gasteiger partial charge is 0.0776 e. The Morgan fingerprint density at radius 2 is 0.673 bits per heavy atom. The molecule has 0 aliphatic heterocycles. The molecule has 0 N–H and O–H groups in total. The molecule has 4 heteroatoms. The van der Waals surface area contributed by atoms with E-state index in [0.717, 1.165) is 0 Å². The topological polar surface area (TPSA) is 0 Å². The molecule has 0 amide bonds. The molecule has 266 valence electrons. The van der Waals surface area contributed by atoms with Crippen LogP contribution in [0.25, 0.3) is 67.1 Å². The van der Waals surface area contributed by atoms with E-state index in [1.807, 2.05) is 0 Å². The molecule has 0 aliphatic carbocycles. The monoisotopic (exact) mass is 746 g/mol. The number of hydrogen-bond acceptors (Lipinski definition) is 0. The molecule has 6 aromatic rings. The van der Waals surface area contributed by atoms with Gasteiger partial charge in [0.2, 0.25) is 0 Å². The Labute approximate surface area is 318 Å². The van der Waals surface area contributed by atoms with Crippen LogP contribution in [0.4, 0.5) is 0 Å². The molecule has 0 unspecified atom stereocenters. The van der Waals surface area contributed by atoms with E-state index in [0.29, 0.717) is 0 Å². The van der Waals surface area contributed by atoms with Gasteiger partial charge in [-0.2, -0.15) is 0 Å². The first-order valence-electron chi connectivity index (χ1n) is 18.9. The highest BCUT2D eigenvalue weighted by atomic mass is 28.3. The Morgan fingerprint density at radius 1 is 0.385 bits per heavy atom. The third kappa shape index (κ3) is 7.23. The van der Waals surface area contributed by atoms with Gasteiger partial charge < -0.3 is 0 Å². The van der Waals surface area contributed by atoms with Crippen molar-refractivity contribution in [3.63, 3.8) is 0 Å². The van der Waals surface area contributed by atoms with Gasteiger partial charge >= 0.3 is 0 Å². The Kier molecular flexibility index (Phi) is 9.88. The van der Waals surface area contributed by atoms with Crippen LogP contribution < -0.4 is 20.7 Å². The van der Waals surface area contributed by atoms with Crippen molar-refractivity contribution in [1.29, 1.82) is 0 Å². The standard InChI is InChI=1S/C48H58Si4/c1-15-41-45(35-25-37(49(3,4)5)31-38(26-35)50(6,7)8)29-33-21-17-19-23-43(33)47(41)48-42(16-2)46(30-34-22-18-20-24-44(34)48)36-27-39(51(9,10)11)32-40(28-36)52(12,13)14/h15-32H,1-2H2,3-14H3. The molecule has 0 saturated carbocycles. The molecule has 0 aliphatic rings. The van der Waals surface area contributed by atoms with Gasteiger partial charge in [-0.3, -0.25) is 0 Å². The summed E-state index contributed by atoms with van der Waals surface area (Å²) >= 11 is 0. The highest BCUT2D eigenvalue weighted by molar-refractivity contribution is 6.92. The van der Waals surface area contributed by atoms with Crippen LogP contribution in [-0.4, -0.2) is 32.3 Å². The number of rotatable bonds is 9. The maximum Gasteiger partial charge on any atom is 0.0776 e. The van der Waals surface area contributed by atoms with Gasteiger partial charge in [0.25, 0.3) is 0 Å². The Bertz CT molecular complexity index is 2130. The minimum Gasteiger partial charge on any atom is -0.0984 e. The molecule has 6 rings (SSSR count). The summed E-state index contributed by atoms with van der Waals surface area (Å²) in [5, 5.41) is 11.1. The van der Waals surface area contributed by atoms with Crippen LogP contribution in [0.2, 0.25) is 78.6 Å². The molecule has 0 heterocycles.